The van der Waals surface area contributed by atoms with Crippen molar-refractivity contribution in [2.75, 3.05) is 11.9 Å². The number of pyridine rings is 1. The molecule has 1 aromatic heterocycles. The molecule has 0 fully saturated rings. The first-order valence-corrected chi connectivity index (χ1v) is 5.73. The van der Waals surface area contributed by atoms with Gasteiger partial charge in [0.05, 0.1) is 11.2 Å². The van der Waals surface area contributed by atoms with Gasteiger partial charge in [0.15, 0.2) is 0 Å². The van der Waals surface area contributed by atoms with Gasteiger partial charge < -0.3 is 16.2 Å². The topological polar surface area (TPSA) is 88.2 Å². The average molecular weight is 237 g/mol. The van der Waals surface area contributed by atoms with Crippen molar-refractivity contribution in [2.45, 2.75) is 32.3 Å². The van der Waals surface area contributed by atoms with Crippen LogP contribution < -0.4 is 11.1 Å². The van der Waals surface area contributed by atoms with Crippen LogP contribution in [0.4, 0.5) is 5.82 Å². The van der Waals surface area contributed by atoms with E-state index in [1.807, 2.05) is 13.8 Å². The molecule has 0 spiro atoms. The number of nitrogens with two attached hydrogens (primary N) is 1. The second-order valence-electron chi connectivity index (χ2n) is 4.08. The highest BCUT2D eigenvalue weighted by atomic mass is 16.3. The summed E-state index contributed by atoms with van der Waals surface area (Å²) >= 11 is 0. The number of hydrogen-bond donors (Lipinski definition) is 3. The van der Waals surface area contributed by atoms with E-state index in [9.17, 15) is 9.90 Å². The largest absolute Gasteiger partial charge is 0.388 e. The van der Waals surface area contributed by atoms with Crippen LogP contribution in [0.25, 0.3) is 0 Å². The normalized spacial score (nSPS) is 11.2. The summed E-state index contributed by atoms with van der Waals surface area (Å²) in [7, 11) is 0. The third kappa shape index (κ3) is 3.71. The van der Waals surface area contributed by atoms with Crippen LogP contribution >= 0.6 is 0 Å². The SMILES string of the molecule is CCC(O)(CC)CNc1ccc(C(N)=O)cn1. The minimum absolute atomic E-state index is 0.372. The lowest BCUT2D eigenvalue weighted by atomic mass is 9.98. The molecule has 4 N–H and O–H groups in total. The Morgan fingerprint density at radius 3 is 2.53 bits per heavy atom. The summed E-state index contributed by atoms with van der Waals surface area (Å²) in [6.07, 6.45) is 2.77. The molecule has 1 amide bonds. The van der Waals surface area contributed by atoms with Crippen LogP contribution in [-0.2, 0) is 0 Å². The maximum Gasteiger partial charge on any atom is 0.250 e. The Bertz CT molecular complexity index is 372. The minimum Gasteiger partial charge on any atom is -0.388 e. The Labute approximate surface area is 101 Å². The Hall–Kier alpha value is -1.62. The van der Waals surface area contributed by atoms with Gasteiger partial charge in [-0.1, -0.05) is 13.8 Å². The summed E-state index contributed by atoms with van der Waals surface area (Å²) in [6.45, 7) is 4.31. The summed E-state index contributed by atoms with van der Waals surface area (Å²) in [4.78, 5) is 14.9. The molecule has 5 heteroatoms. The van der Waals surface area contributed by atoms with Crippen LogP contribution in [0, 0.1) is 0 Å². The number of aliphatic hydroxyl groups is 1. The number of amides is 1. The number of carbonyl (C=O) groups excluding carboxylic acids is 1. The van der Waals surface area contributed by atoms with E-state index in [1.165, 1.54) is 6.20 Å². The predicted molar refractivity (Wildman–Crippen MR) is 66.8 cm³/mol. The van der Waals surface area contributed by atoms with Crippen molar-refractivity contribution in [1.82, 2.24) is 4.98 Å². The molecule has 0 radical (unpaired) electrons. The molecule has 1 rings (SSSR count). The summed E-state index contributed by atoms with van der Waals surface area (Å²) in [5, 5.41) is 13.1. The second-order valence-corrected chi connectivity index (χ2v) is 4.08. The van der Waals surface area contributed by atoms with Crippen molar-refractivity contribution in [3.63, 3.8) is 0 Å². The van der Waals surface area contributed by atoms with E-state index in [0.29, 0.717) is 30.8 Å². The molecule has 0 saturated heterocycles. The average Bonchev–Trinajstić information content (AvgIpc) is 2.36. The summed E-state index contributed by atoms with van der Waals surface area (Å²) < 4.78 is 0. The number of nitrogens with zero attached hydrogens (tertiary/aromatic N) is 1. The van der Waals surface area contributed by atoms with Crippen molar-refractivity contribution in [3.8, 4) is 0 Å². The maximum absolute atomic E-state index is 10.8. The fourth-order valence-corrected chi connectivity index (χ4v) is 1.40. The molecule has 0 atom stereocenters. The molecule has 1 heterocycles. The number of aromatic nitrogens is 1. The van der Waals surface area contributed by atoms with Gasteiger partial charge in [0.1, 0.15) is 5.82 Å². The molecule has 0 aliphatic heterocycles. The third-order valence-electron chi connectivity index (χ3n) is 2.96. The third-order valence-corrected chi connectivity index (χ3v) is 2.96. The van der Waals surface area contributed by atoms with Gasteiger partial charge in [-0.05, 0) is 25.0 Å². The first-order valence-electron chi connectivity index (χ1n) is 5.73. The molecule has 94 valence electrons. The van der Waals surface area contributed by atoms with E-state index < -0.39 is 11.5 Å². The van der Waals surface area contributed by atoms with E-state index in [0.717, 1.165) is 0 Å². The van der Waals surface area contributed by atoms with Gasteiger partial charge in [0.25, 0.3) is 0 Å². The van der Waals surface area contributed by atoms with Gasteiger partial charge in [-0.3, -0.25) is 4.79 Å². The number of rotatable bonds is 6. The first-order chi connectivity index (χ1) is 8.00. The Balaban J connectivity index is 2.61. The smallest absolute Gasteiger partial charge is 0.250 e. The quantitative estimate of drug-likeness (QED) is 0.692. The van der Waals surface area contributed by atoms with Gasteiger partial charge in [-0.25, -0.2) is 4.98 Å². The number of anilines is 1. The van der Waals surface area contributed by atoms with Crippen molar-refractivity contribution in [1.29, 1.82) is 0 Å². The number of primary amides is 1. The minimum atomic E-state index is -0.718. The highest BCUT2D eigenvalue weighted by Crippen LogP contribution is 2.15. The highest BCUT2D eigenvalue weighted by Gasteiger charge is 2.21. The zero-order chi connectivity index (χ0) is 12.9. The van der Waals surface area contributed by atoms with Crippen LogP contribution in [0.5, 0.6) is 0 Å². The summed E-state index contributed by atoms with van der Waals surface area (Å²) in [6, 6.07) is 3.28. The van der Waals surface area contributed by atoms with Crippen LogP contribution in [-0.4, -0.2) is 28.1 Å². The molecule has 0 aliphatic rings. The van der Waals surface area contributed by atoms with Gasteiger partial charge >= 0.3 is 0 Å². The summed E-state index contributed by atoms with van der Waals surface area (Å²) in [5.41, 5.74) is 4.76. The molecule has 0 bridgehead atoms. The number of nitrogens with one attached hydrogen (secondary N) is 1. The van der Waals surface area contributed by atoms with Crippen molar-refractivity contribution < 1.29 is 9.90 Å². The zero-order valence-electron chi connectivity index (χ0n) is 10.2. The zero-order valence-corrected chi connectivity index (χ0v) is 10.2. The highest BCUT2D eigenvalue weighted by molar-refractivity contribution is 5.92. The number of carbonyl (C=O) groups is 1. The Morgan fingerprint density at radius 1 is 1.47 bits per heavy atom. The van der Waals surface area contributed by atoms with Gasteiger partial charge in [0, 0.05) is 12.7 Å². The van der Waals surface area contributed by atoms with Crippen molar-refractivity contribution in [3.05, 3.63) is 23.9 Å². The number of hydrogen-bond acceptors (Lipinski definition) is 4. The fourth-order valence-electron chi connectivity index (χ4n) is 1.40. The molecule has 17 heavy (non-hydrogen) atoms. The fraction of sp³-hybridized carbons (Fsp3) is 0.500. The molecule has 0 unspecified atom stereocenters. The lowest BCUT2D eigenvalue weighted by molar-refractivity contribution is 0.0456. The Morgan fingerprint density at radius 2 is 2.12 bits per heavy atom. The van der Waals surface area contributed by atoms with Gasteiger partial charge in [-0.15, -0.1) is 0 Å². The molecule has 1 aromatic rings. The van der Waals surface area contributed by atoms with Crippen LogP contribution in [0.1, 0.15) is 37.0 Å². The van der Waals surface area contributed by atoms with Crippen LogP contribution in [0.15, 0.2) is 18.3 Å². The van der Waals surface area contributed by atoms with Crippen molar-refractivity contribution >= 4 is 11.7 Å². The monoisotopic (exact) mass is 237 g/mol. The molecule has 0 saturated carbocycles. The molecular weight excluding hydrogens is 218 g/mol. The van der Waals surface area contributed by atoms with Crippen molar-refractivity contribution in [2.24, 2.45) is 5.73 Å². The van der Waals surface area contributed by atoms with E-state index >= 15 is 0 Å². The van der Waals surface area contributed by atoms with E-state index in [1.54, 1.807) is 12.1 Å². The maximum atomic E-state index is 10.8. The molecule has 0 aromatic carbocycles. The first kappa shape index (κ1) is 13.4. The van der Waals surface area contributed by atoms with Gasteiger partial charge in [0.2, 0.25) is 5.91 Å². The van der Waals surface area contributed by atoms with Gasteiger partial charge in [-0.2, -0.15) is 0 Å². The predicted octanol–water partition coefficient (Wildman–Crippen LogP) is 1.14. The second kappa shape index (κ2) is 5.63. The molecular formula is C12H19N3O2. The van der Waals surface area contributed by atoms with E-state index in [2.05, 4.69) is 10.3 Å². The summed E-state index contributed by atoms with van der Waals surface area (Å²) in [5.74, 6) is 0.123. The molecule has 5 nitrogen and oxygen atoms in total. The Kier molecular flexibility index (Phi) is 4.45. The molecule has 0 aliphatic carbocycles. The standard InChI is InChI=1S/C12H19N3O2/c1-3-12(17,4-2)8-15-10-6-5-9(7-14-10)11(13)16/h5-7,17H,3-4,8H2,1-2H3,(H2,13,16)(H,14,15). The van der Waals surface area contributed by atoms with Crippen LogP contribution in [0.3, 0.4) is 0 Å². The van der Waals surface area contributed by atoms with E-state index in [-0.39, 0.29) is 0 Å². The lowest BCUT2D eigenvalue weighted by Gasteiger charge is -2.25. The van der Waals surface area contributed by atoms with Crippen LogP contribution in [0.2, 0.25) is 0 Å². The lowest BCUT2D eigenvalue weighted by Crippen LogP contribution is -2.35. The van der Waals surface area contributed by atoms with E-state index in [4.69, 9.17) is 5.73 Å².